The van der Waals surface area contributed by atoms with Gasteiger partial charge >= 0.3 is 6.18 Å². The highest BCUT2D eigenvalue weighted by molar-refractivity contribution is 5.93. The number of aliphatic imine (C=N–C) groups is 1. The van der Waals surface area contributed by atoms with E-state index in [4.69, 9.17) is 15.2 Å². The molecule has 4 N–H and O–H groups in total. The average molecular weight is 580 g/mol. The molecule has 0 saturated carbocycles. The van der Waals surface area contributed by atoms with Crippen LogP contribution in [0.15, 0.2) is 83.9 Å². The van der Waals surface area contributed by atoms with Crippen LogP contribution in [0.25, 0.3) is 0 Å². The van der Waals surface area contributed by atoms with Gasteiger partial charge < -0.3 is 25.8 Å². The topological polar surface area (TPSA) is 110 Å². The summed E-state index contributed by atoms with van der Waals surface area (Å²) in [6.45, 7) is 6.38. The van der Waals surface area contributed by atoms with Crippen molar-refractivity contribution in [2.75, 3.05) is 30.8 Å². The fourth-order valence-corrected chi connectivity index (χ4v) is 4.02. The molecule has 0 unspecified atom stereocenters. The van der Waals surface area contributed by atoms with Gasteiger partial charge in [-0.15, -0.1) is 0 Å². The zero-order valence-corrected chi connectivity index (χ0v) is 23.4. The summed E-state index contributed by atoms with van der Waals surface area (Å²) in [6.07, 6.45) is -4.73. The number of rotatable bonds is 11. The highest BCUT2D eigenvalue weighted by atomic mass is 19.4. The summed E-state index contributed by atoms with van der Waals surface area (Å²) in [5.41, 5.74) is 6.78. The Labute approximate surface area is 242 Å². The first-order chi connectivity index (χ1) is 20.2. The Morgan fingerprint density at radius 3 is 2.21 bits per heavy atom. The summed E-state index contributed by atoms with van der Waals surface area (Å²) in [5.74, 6) is 1.21. The Morgan fingerprint density at radius 2 is 1.57 bits per heavy atom. The number of nitrogens with one attached hydrogen (secondary N) is 2. The Balaban J connectivity index is 1.54. The van der Waals surface area contributed by atoms with E-state index in [0.717, 1.165) is 24.7 Å². The number of hydrogen-bond acceptors (Lipinski definition) is 7. The lowest BCUT2D eigenvalue weighted by Gasteiger charge is -2.20. The van der Waals surface area contributed by atoms with Crippen molar-refractivity contribution >= 4 is 29.1 Å². The zero-order valence-electron chi connectivity index (χ0n) is 23.4. The summed E-state index contributed by atoms with van der Waals surface area (Å²) in [6, 6.07) is 22.2. The molecule has 0 aliphatic rings. The number of guanidine groups is 1. The standard InChI is InChI=1S/C30H32F3N7O2/c1-4-40(5-2)19-20-17-22(13-16-25(20)41-3)35-27-18-26(30(31,32)33)37-29(38-27)39-28(34)36-21-11-14-24(15-12-21)42-23-9-7-6-8-10-23/h6-18H,4-5,19H2,1-3H3,(H4,34,35,36,37,38,39). The first-order valence-corrected chi connectivity index (χ1v) is 13.2. The van der Waals surface area contributed by atoms with Crippen molar-refractivity contribution in [3.05, 3.63) is 90.1 Å². The number of nitrogens with two attached hydrogens (primary N) is 1. The number of ether oxygens (including phenoxy) is 2. The largest absolute Gasteiger partial charge is 0.496 e. The molecule has 4 rings (SSSR count). The molecular weight excluding hydrogens is 547 g/mol. The van der Waals surface area contributed by atoms with Crippen molar-refractivity contribution in [3.8, 4) is 17.2 Å². The van der Waals surface area contributed by atoms with Crippen LogP contribution < -0.4 is 25.8 Å². The van der Waals surface area contributed by atoms with Gasteiger partial charge in [0.2, 0.25) is 5.96 Å². The van der Waals surface area contributed by atoms with Gasteiger partial charge in [0, 0.05) is 29.5 Å². The zero-order chi connectivity index (χ0) is 30.1. The van der Waals surface area contributed by atoms with Gasteiger partial charge in [-0.1, -0.05) is 32.0 Å². The maximum atomic E-state index is 13.7. The predicted molar refractivity (Wildman–Crippen MR) is 158 cm³/mol. The van der Waals surface area contributed by atoms with Crippen molar-refractivity contribution in [3.63, 3.8) is 0 Å². The van der Waals surface area contributed by atoms with E-state index in [-0.39, 0.29) is 11.8 Å². The maximum Gasteiger partial charge on any atom is 0.433 e. The monoisotopic (exact) mass is 579 g/mol. The number of aromatic nitrogens is 2. The van der Waals surface area contributed by atoms with Gasteiger partial charge in [-0.25, -0.2) is 4.98 Å². The van der Waals surface area contributed by atoms with Crippen LogP contribution in [0.1, 0.15) is 25.1 Å². The number of methoxy groups -OCH3 is 1. The van der Waals surface area contributed by atoms with E-state index in [2.05, 4.69) is 44.3 Å². The average Bonchev–Trinajstić information content (AvgIpc) is 2.97. The van der Waals surface area contributed by atoms with Crippen LogP contribution in [-0.2, 0) is 12.7 Å². The lowest BCUT2D eigenvalue weighted by molar-refractivity contribution is -0.141. The molecule has 0 spiro atoms. The number of halogens is 3. The van der Waals surface area contributed by atoms with Crippen LogP contribution >= 0.6 is 0 Å². The molecule has 0 atom stereocenters. The van der Waals surface area contributed by atoms with Gasteiger partial charge in [-0.05, 0) is 67.7 Å². The molecular formula is C30H32F3N7O2. The molecule has 9 nitrogen and oxygen atoms in total. The van der Waals surface area contributed by atoms with Crippen molar-refractivity contribution in [2.45, 2.75) is 26.6 Å². The molecule has 220 valence electrons. The second-order valence-electron chi connectivity index (χ2n) is 9.11. The Hall–Kier alpha value is -4.84. The molecule has 3 aromatic carbocycles. The third-order valence-corrected chi connectivity index (χ3v) is 6.17. The number of hydrogen-bond donors (Lipinski definition) is 3. The molecule has 0 aliphatic heterocycles. The minimum absolute atomic E-state index is 0.0924. The van der Waals surface area contributed by atoms with Gasteiger partial charge in [0.1, 0.15) is 23.1 Å². The fraction of sp³-hybridized carbons (Fsp3) is 0.233. The highest BCUT2D eigenvalue weighted by Gasteiger charge is 2.34. The van der Waals surface area contributed by atoms with Gasteiger partial charge in [-0.2, -0.15) is 23.1 Å². The van der Waals surface area contributed by atoms with E-state index >= 15 is 0 Å². The van der Waals surface area contributed by atoms with E-state index in [0.29, 0.717) is 35.2 Å². The summed E-state index contributed by atoms with van der Waals surface area (Å²) >= 11 is 0. The lowest BCUT2D eigenvalue weighted by Crippen LogP contribution is -2.22. The smallest absolute Gasteiger partial charge is 0.433 e. The highest BCUT2D eigenvalue weighted by Crippen LogP contribution is 2.32. The van der Waals surface area contributed by atoms with E-state index in [1.165, 1.54) is 0 Å². The minimum atomic E-state index is -4.73. The summed E-state index contributed by atoms with van der Waals surface area (Å²) in [4.78, 5) is 13.9. The number of benzene rings is 3. The quantitative estimate of drug-likeness (QED) is 0.130. The molecule has 0 amide bonds. The van der Waals surface area contributed by atoms with Crippen LogP contribution in [-0.4, -0.2) is 41.0 Å². The summed E-state index contributed by atoms with van der Waals surface area (Å²) in [5, 5.41) is 5.77. The van der Waals surface area contributed by atoms with Gasteiger partial charge in [0.25, 0.3) is 5.95 Å². The number of para-hydroxylation sites is 1. The normalized spacial score (nSPS) is 11.8. The second-order valence-corrected chi connectivity index (χ2v) is 9.11. The second kappa shape index (κ2) is 13.7. The number of anilines is 3. The van der Waals surface area contributed by atoms with Crippen molar-refractivity contribution in [1.29, 1.82) is 0 Å². The van der Waals surface area contributed by atoms with Crippen molar-refractivity contribution < 1.29 is 22.6 Å². The molecule has 0 fully saturated rings. The predicted octanol–water partition coefficient (Wildman–Crippen LogP) is 6.94. The molecule has 0 radical (unpaired) electrons. The van der Waals surface area contributed by atoms with E-state index in [9.17, 15) is 13.2 Å². The van der Waals surface area contributed by atoms with Crippen LogP contribution in [0, 0.1) is 0 Å². The van der Waals surface area contributed by atoms with E-state index < -0.39 is 17.8 Å². The first kappa shape index (κ1) is 30.1. The third-order valence-electron chi connectivity index (χ3n) is 6.17. The molecule has 12 heteroatoms. The van der Waals surface area contributed by atoms with Gasteiger partial charge in [-0.3, -0.25) is 4.90 Å². The van der Waals surface area contributed by atoms with E-state index in [1.807, 2.05) is 36.4 Å². The van der Waals surface area contributed by atoms with Crippen molar-refractivity contribution in [2.24, 2.45) is 10.7 Å². The Bertz CT molecular complexity index is 1490. The van der Waals surface area contributed by atoms with Crippen LogP contribution in [0.4, 0.5) is 36.3 Å². The molecule has 1 heterocycles. The number of nitrogens with zero attached hydrogens (tertiary/aromatic N) is 4. The van der Waals surface area contributed by atoms with E-state index in [1.54, 1.807) is 43.5 Å². The fourth-order valence-electron chi connectivity index (χ4n) is 4.02. The van der Waals surface area contributed by atoms with Crippen LogP contribution in [0.3, 0.4) is 0 Å². The minimum Gasteiger partial charge on any atom is -0.496 e. The molecule has 0 bridgehead atoms. The molecule has 4 aromatic rings. The van der Waals surface area contributed by atoms with Gasteiger partial charge in [0.05, 0.1) is 7.11 Å². The Morgan fingerprint density at radius 1 is 0.905 bits per heavy atom. The number of alkyl halides is 3. The summed E-state index contributed by atoms with van der Waals surface area (Å²) < 4.78 is 52.3. The Kier molecular flexibility index (Phi) is 9.81. The molecule has 42 heavy (non-hydrogen) atoms. The SMILES string of the molecule is CCN(CC)Cc1cc(Nc2cc(C(F)(F)F)nc(N=C(N)Nc3ccc(Oc4ccccc4)cc3)n2)ccc1OC. The first-order valence-electron chi connectivity index (χ1n) is 13.2. The third kappa shape index (κ3) is 8.33. The molecule has 0 saturated heterocycles. The molecule has 0 aliphatic carbocycles. The van der Waals surface area contributed by atoms with Crippen LogP contribution in [0.5, 0.6) is 17.2 Å². The van der Waals surface area contributed by atoms with Gasteiger partial charge in [0.15, 0.2) is 5.69 Å². The lowest BCUT2D eigenvalue weighted by atomic mass is 10.1. The summed E-state index contributed by atoms with van der Waals surface area (Å²) in [7, 11) is 1.57. The van der Waals surface area contributed by atoms with Crippen LogP contribution in [0.2, 0.25) is 0 Å². The molecule has 1 aromatic heterocycles. The maximum absolute atomic E-state index is 13.7. The van der Waals surface area contributed by atoms with Crippen molar-refractivity contribution in [1.82, 2.24) is 14.9 Å².